The minimum absolute atomic E-state index is 0.248. The SMILES string of the molecule is CCOc1ccccc1N1C(=O)/C(=C\c2ccc(COc3ccc(Cl)c(C)c3)o2)NC1=S. The van der Waals surface area contributed by atoms with E-state index in [-0.39, 0.29) is 17.6 Å². The third kappa shape index (κ3) is 4.64. The summed E-state index contributed by atoms with van der Waals surface area (Å²) in [6.07, 6.45) is 1.62. The number of halogens is 1. The first-order chi connectivity index (χ1) is 15.5. The van der Waals surface area contributed by atoms with E-state index in [1.807, 2.05) is 32.0 Å². The number of para-hydroxylation sites is 2. The second-order valence-electron chi connectivity index (χ2n) is 7.03. The van der Waals surface area contributed by atoms with Crippen LogP contribution in [0.25, 0.3) is 6.08 Å². The summed E-state index contributed by atoms with van der Waals surface area (Å²) in [5.74, 6) is 2.13. The Kier molecular flexibility index (Phi) is 6.48. The lowest BCUT2D eigenvalue weighted by Gasteiger charge is -2.17. The Morgan fingerprint density at radius 1 is 1.16 bits per heavy atom. The highest BCUT2D eigenvalue weighted by atomic mass is 35.5. The summed E-state index contributed by atoms with van der Waals surface area (Å²) in [4.78, 5) is 14.4. The number of anilines is 1. The van der Waals surface area contributed by atoms with E-state index in [1.54, 1.807) is 42.5 Å². The molecule has 0 bridgehead atoms. The van der Waals surface area contributed by atoms with Crippen LogP contribution in [0.2, 0.25) is 5.02 Å². The first-order valence-electron chi connectivity index (χ1n) is 10.0. The van der Waals surface area contributed by atoms with Gasteiger partial charge in [-0.2, -0.15) is 0 Å². The molecule has 0 radical (unpaired) electrons. The number of ether oxygens (including phenoxy) is 2. The molecule has 6 nitrogen and oxygen atoms in total. The van der Waals surface area contributed by atoms with E-state index in [4.69, 9.17) is 37.7 Å². The number of carbonyl (C=O) groups is 1. The molecule has 8 heteroatoms. The standard InChI is InChI=1S/C24H21ClN2O4S/c1-3-29-22-7-5-4-6-21(22)27-23(28)20(26-24(27)32)13-17-8-9-18(31-17)14-30-16-10-11-19(25)15(2)12-16/h4-13H,3,14H2,1-2H3,(H,26,32)/b20-13+. The highest BCUT2D eigenvalue weighted by molar-refractivity contribution is 7.80. The van der Waals surface area contributed by atoms with Crippen LogP contribution in [0.1, 0.15) is 24.0 Å². The van der Waals surface area contributed by atoms with E-state index in [0.717, 1.165) is 5.56 Å². The predicted octanol–water partition coefficient (Wildman–Crippen LogP) is 5.48. The number of carbonyl (C=O) groups excluding carboxylic acids is 1. The van der Waals surface area contributed by atoms with Crippen molar-refractivity contribution in [3.8, 4) is 11.5 Å². The normalized spacial score (nSPS) is 14.7. The molecule has 2 aromatic carbocycles. The molecule has 4 rings (SSSR count). The van der Waals surface area contributed by atoms with Gasteiger partial charge in [-0.05, 0) is 74.1 Å². The number of nitrogens with one attached hydrogen (secondary N) is 1. The molecule has 0 atom stereocenters. The van der Waals surface area contributed by atoms with Gasteiger partial charge in [0.1, 0.15) is 35.3 Å². The summed E-state index contributed by atoms with van der Waals surface area (Å²) in [6.45, 7) is 4.53. The van der Waals surface area contributed by atoms with Crippen molar-refractivity contribution in [2.24, 2.45) is 0 Å². The summed E-state index contributed by atoms with van der Waals surface area (Å²) in [7, 11) is 0. The maximum atomic E-state index is 13.0. The lowest BCUT2D eigenvalue weighted by atomic mass is 10.2. The van der Waals surface area contributed by atoms with Crippen LogP contribution in [0.4, 0.5) is 5.69 Å². The molecule has 1 N–H and O–H groups in total. The maximum absolute atomic E-state index is 13.0. The van der Waals surface area contributed by atoms with Crippen LogP contribution in [0, 0.1) is 6.92 Å². The molecule has 1 aromatic heterocycles. The van der Waals surface area contributed by atoms with Gasteiger partial charge in [-0.15, -0.1) is 0 Å². The maximum Gasteiger partial charge on any atom is 0.281 e. The molecule has 0 spiro atoms. The minimum Gasteiger partial charge on any atom is -0.492 e. The Hall–Kier alpha value is -3.29. The quantitative estimate of drug-likeness (QED) is 0.366. The summed E-state index contributed by atoms with van der Waals surface area (Å²) in [6, 6.07) is 16.3. The van der Waals surface area contributed by atoms with E-state index in [2.05, 4.69) is 5.32 Å². The van der Waals surface area contributed by atoms with Crippen LogP contribution < -0.4 is 19.7 Å². The van der Waals surface area contributed by atoms with Crippen molar-refractivity contribution in [3.63, 3.8) is 0 Å². The Bertz CT molecular complexity index is 1200. The number of benzene rings is 2. The topological polar surface area (TPSA) is 63.9 Å². The van der Waals surface area contributed by atoms with Crippen LogP contribution in [0.3, 0.4) is 0 Å². The van der Waals surface area contributed by atoms with Crippen LogP contribution in [-0.2, 0) is 11.4 Å². The molecule has 32 heavy (non-hydrogen) atoms. The number of thiocarbonyl (C=S) groups is 1. The van der Waals surface area contributed by atoms with Gasteiger partial charge in [0, 0.05) is 11.1 Å². The van der Waals surface area contributed by atoms with E-state index >= 15 is 0 Å². The first kappa shape index (κ1) is 21.9. The van der Waals surface area contributed by atoms with E-state index in [1.165, 1.54) is 4.90 Å². The van der Waals surface area contributed by atoms with Crippen molar-refractivity contribution >= 4 is 46.6 Å². The third-order valence-electron chi connectivity index (χ3n) is 4.76. The molecule has 1 amide bonds. The van der Waals surface area contributed by atoms with Crippen LogP contribution in [0.15, 0.2) is 64.7 Å². The van der Waals surface area contributed by atoms with Crippen molar-refractivity contribution in [2.75, 3.05) is 11.5 Å². The fourth-order valence-corrected chi connectivity index (χ4v) is 3.64. The highest BCUT2D eigenvalue weighted by Gasteiger charge is 2.34. The molecule has 3 aromatic rings. The van der Waals surface area contributed by atoms with Crippen LogP contribution >= 0.6 is 23.8 Å². The Balaban J connectivity index is 1.48. The Morgan fingerprint density at radius 3 is 2.75 bits per heavy atom. The van der Waals surface area contributed by atoms with E-state index in [9.17, 15) is 4.79 Å². The molecule has 1 fully saturated rings. The number of hydrogen-bond donors (Lipinski definition) is 1. The van der Waals surface area contributed by atoms with Gasteiger partial charge < -0.3 is 19.2 Å². The minimum atomic E-state index is -0.284. The average Bonchev–Trinajstić information content (AvgIpc) is 3.33. The van der Waals surface area contributed by atoms with Gasteiger partial charge in [-0.25, -0.2) is 4.90 Å². The van der Waals surface area contributed by atoms with Gasteiger partial charge in [-0.3, -0.25) is 4.79 Å². The zero-order valence-corrected chi connectivity index (χ0v) is 19.1. The summed E-state index contributed by atoms with van der Waals surface area (Å²) < 4.78 is 17.2. The van der Waals surface area contributed by atoms with E-state index in [0.29, 0.717) is 46.0 Å². The molecular formula is C24H21ClN2O4S. The monoisotopic (exact) mass is 468 g/mol. The molecule has 0 saturated carbocycles. The zero-order chi connectivity index (χ0) is 22.7. The smallest absolute Gasteiger partial charge is 0.281 e. The lowest BCUT2D eigenvalue weighted by molar-refractivity contribution is -0.113. The molecule has 164 valence electrons. The van der Waals surface area contributed by atoms with Gasteiger partial charge in [-0.1, -0.05) is 23.7 Å². The largest absolute Gasteiger partial charge is 0.492 e. The molecule has 0 unspecified atom stereocenters. The molecule has 1 aliphatic rings. The zero-order valence-electron chi connectivity index (χ0n) is 17.6. The van der Waals surface area contributed by atoms with Crippen molar-refractivity contribution in [2.45, 2.75) is 20.5 Å². The second-order valence-corrected chi connectivity index (χ2v) is 7.83. The molecule has 0 aliphatic carbocycles. The molecular weight excluding hydrogens is 448 g/mol. The van der Waals surface area contributed by atoms with Crippen molar-refractivity contribution < 1.29 is 18.7 Å². The number of rotatable bonds is 7. The molecule has 2 heterocycles. The van der Waals surface area contributed by atoms with Crippen LogP contribution in [-0.4, -0.2) is 17.6 Å². The lowest BCUT2D eigenvalue weighted by Crippen LogP contribution is -2.30. The Labute approximate surface area is 196 Å². The van der Waals surface area contributed by atoms with Crippen LogP contribution in [0.5, 0.6) is 11.5 Å². The number of aryl methyl sites for hydroxylation is 1. The summed E-state index contributed by atoms with van der Waals surface area (Å²) >= 11 is 11.4. The molecule has 1 saturated heterocycles. The highest BCUT2D eigenvalue weighted by Crippen LogP contribution is 2.32. The number of nitrogens with zero attached hydrogens (tertiary/aromatic N) is 1. The first-order valence-corrected chi connectivity index (χ1v) is 10.8. The fourth-order valence-electron chi connectivity index (χ4n) is 3.23. The number of amides is 1. The van der Waals surface area contributed by atoms with Gasteiger partial charge in [0.05, 0.1) is 12.3 Å². The van der Waals surface area contributed by atoms with E-state index < -0.39 is 0 Å². The van der Waals surface area contributed by atoms with Crippen molar-refractivity contribution in [1.82, 2.24) is 5.32 Å². The second kappa shape index (κ2) is 9.46. The summed E-state index contributed by atoms with van der Waals surface area (Å²) in [5, 5.41) is 3.93. The predicted molar refractivity (Wildman–Crippen MR) is 128 cm³/mol. The van der Waals surface area contributed by atoms with Gasteiger partial charge in [0.25, 0.3) is 5.91 Å². The van der Waals surface area contributed by atoms with Crippen molar-refractivity contribution in [3.05, 3.63) is 82.4 Å². The summed E-state index contributed by atoms with van der Waals surface area (Å²) in [5.41, 5.74) is 1.84. The number of furan rings is 1. The number of hydrogen-bond acceptors (Lipinski definition) is 5. The average molecular weight is 469 g/mol. The molecule has 1 aliphatic heterocycles. The third-order valence-corrected chi connectivity index (χ3v) is 5.47. The Morgan fingerprint density at radius 2 is 1.97 bits per heavy atom. The van der Waals surface area contributed by atoms with Gasteiger partial charge in [0.15, 0.2) is 5.11 Å². The van der Waals surface area contributed by atoms with Gasteiger partial charge in [0.2, 0.25) is 0 Å². The van der Waals surface area contributed by atoms with Gasteiger partial charge >= 0.3 is 0 Å². The fraction of sp³-hybridized carbons (Fsp3) is 0.167. The van der Waals surface area contributed by atoms with Crippen molar-refractivity contribution in [1.29, 1.82) is 0 Å².